The van der Waals surface area contributed by atoms with Crippen LogP contribution in [0.4, 0.5) is 10.1 Å². The van der Waals surface area contributed by atoms with E-state index in [1.165, 1.54) is 34.5 Å². The minimum atomic E-state index is -0.608. The molecule has 1 aliphatic carbocycles. The summed E-state index contributed by atoms with van der Waals surface area (Å²) in [6.45, 7) is 0. The standard InChI is InChI=1S/C26H22ClFN8O2S/c27-16-4-6-19(35-12-30-33-34-35)22(23(16)28)14-9-15-3-5-20(36(15)21(37)10-14)25-29-11-18(31-25)24-17(7-8-39-24)32-26(38)13-1-2-13/h4,6-8,10-13,15,20H,1-3,5,9H2,(H,29,31)(H,32,38)/t15?,20-/m0/s1. The topological polar surface area (TPSA) is 122 Å². The van der Waals surface area contributed by atoms with E-state index < -0.39 is 5.82 Å². The van der Waals surface area contributed by atoms with Crippen LogP contribution in [0, 0.1) is 11.7 Å². The summed E-state index contributed by atoms with van der Waals surface area (Å²) >= 11 is 7.63. The zero-order valence-corrected chi connectivity index (χ0v) is 22.0. The number of amides is 2. The molecule has 5 heterocycles. The van der Waals surface area contributed by atoms with Crippen LogP contribution >= 0.6 is 22.9 Å². The van der Waals surface area contributed by atoms with Gasteiger partial charge in [-0.1, -0.05) is 11.6 Å². The molecule has 3 aromatic heterocycles. The van der Waals surface area contributed by atoms with Crippen LogP contribution in [-0.4, -0.2) is 52.9 Å². The molecule has 1 saturated heterocycles. The van der Waals surface area contributed by atoms with Crippen molar-refractivity contribution in [2.24, 2.45) is 5.92 Å². The fraction of sp³-hybridized carbons (Fsp3) is 0.308. The molecule has 4 aromatic rings. The average Bonchev–Trinajstić information content (AvgIpc) is 3.37. The second-order valence-corrected chi connectivity index (χ2v) is 11.3. The predicted molar refractivity (Wildman–Crippen MR) is 143 cm³/mol. The van der Waals surface area contributed by atoms with Crippen molar-refractivity contribution in [2.75, 3.05) is 5.32 Å². The Morgan fingerprint density at radius 1 is 1.21 bits per heavy atom. The monoisotopic (exact) mass is 564 g/mol. The number of tetrazole rings is 1. The van der Waals surface area contributed by atoms with Crippen molar-refractivity contribution in [3.8, 4) is 16.3 Å². The number of aromatic amines is 1. The third kappa shape index (κ3) is 4.23. The first-order chi connectivity index (χ1) is 19.0. The fourth-order valence-corrected chi connectivity index (χ4v) is 6.48. The molecule has 7 rings (SSSR count). The Labute approximate surface area is 230 Å². The molecule has 2 amide bonds. The summed E-state index contributed by atoms with van der Waals surface area (Å²) in [6.07, 6.45) is 8.46. The molecule has 10 nitrogen and oxygen atoms in total. The lowest BCUT2D eigenvalue weighted by Crippen LogP contribution is -2.39. The van der Waals surface area contributed by atoms with E-state index in [1.54, 1.807) is 6.07 Å². The van der Waals surface area contributed by atoms with E-state index in [-0.39, 0.29) is 40.4 Å². The molecule has 1 saturated carbocycles. The highest BCUT2D eigenvalue weighted by molar-refractivity contribution is 7.14. The molecule has 2 fully saturated rings. The Kier molecular flexibility index (Phi) is 5.81. The van der Waals surface area contributed by atoms with Crippen molar-refractivity contribution in [1.82, 2.24) is 35.1 Å². The predicted octanol–water partition coefficient (Wildman–Crippen LogP) is 4.77. The molecule has 1 aromatic carbocycles. The maximum absolute atomic E-state index is 15.3. The molecule has 3 aliphatic rings. The molecule has 2 N–H and O–H groups in total. The number of fused-ring (bicyclic) bond motifs is 1. The second-order valence-electron chi connectivity index (χ2n) is 9.97. The molecule has 0 radical (unpaired) electrons. The fourth-order valence-electron chi connectivity index (χ4n) is 5.51. The van der Waals surface area contributed by atoms with E-state index in [1.807, 2.05) is 22.5 Å². The maximum atomic E-state index is 15.3. The van der Waals surface area contributed by atoms with Crippen LogP contribution in [-0.2, 0) is 9.59 Å². The van der Waals surface area contributed by atoms with Gasteiger partial charge in [-0.2, -0.15) is 4.68 Å². The summed E-state index contributed by atoms with van der Waals surface area (Å²) in [5, 5.41) is 16.1. The number of nitrogens with one attached hydrogen (secondary N) is 2. The van der Waals surface area contributed by atoms with E-state index in [4.69, 9.17) is 16.6 Å². The maximum Gasteiger partial charge on any atom is 0.247 e. The first-order valence-corrected chi connectivity index (χ1v) is 13.9. The Morgan fingerprint density at radius 3 is 2.87 bits per heavy atom. The first-order valence-electron chi connectivity index (χ1n) is 12.7. The highest BCUT2D eigenvalue weighted by Gasteiger charge is 2.42. The highest BCUT2D eigenvalue weighted by Crippen LogP contribution is 2.44. The molecule has 0 bridgehead atoms. The number of H-pyrrole nitrogens is 1. The Bertz CT molecular complexity index is 1630. The van der Waals surface area contributed by atoms with Crippen LogP contribution in [0.5, 0.6) is 0 Å². The van der Waals surface area contributed by atoms with Gasteiger partial charge in [-0.15, -0.1) is 16.4 Å². The van der Waals surface area contributed by atoms with Crippen LogP contribution in [0.25, 0.3) is 21.8 Å². The normalized spacial score (nSPS) is 20.7. The highest BCUT2D eigenvalue weighted by atomic mass is 35.5. The van der Waals surface area contributed by atoms with E-state index in [2.05, 4.69) is 25.8 Å². The molecular weight excluding hydrogens is 543 g/mol. The number of hydrogen-bond donors (Lipinski definition) is 2. The SMILES string of the molecule is O=C(Nc1ccsc1-c1c[nH]c([C@@H]2CCC3CC(c4c(-n5cnnn5)ccc(Cl)c4F)=CC(=O)N32)n1)C1CC1. The van der Waals surface area contributed by atoms with Crippen molar-refractivity contribution in [2.45, 2.75) is 44.2 Å². The van der Waals surface area contributed by atoms with Gasteiger partial charge in [-0.3, -0.25) is 9.59 Å². The Hall–Kier alpha value is -3.90. The van der Waals surface area contributed by atoms with Gasteiger partial charge in [-0.25, -0.2) is 9.37 Å². The third-order valence-electron chi connectivity index (χ3n) is 7.52. The lowest BCUT2D eigenvalue weighted by molar-refractivity contribution is -0.129. The van der Waals surface area contributed by atoms with Gasteiger partial charge in [0.2, 0.25) is 11.8 Å². The molecule has 39 heavy (non-hydrogen) atoms. The number of rotatable bonds is 6. The van der Waals surface area contributed by atoms with Crippen LogP contribution < -0.4 is 5.32 Å². The summed E-state index contributed by atoms with van der Waals surface area (Å²) in [6, 6.07) is 4.63. The summed E-state index contributed by atoms with van der Waals surface area (Å²) in [4.78, 5) is 36.6. The van der Waals surface area contributed by atoms with Gasteiger partial charge < -0.3 is 15.2 Å². The van der Waals surface area contributed by atoms with Crippen molar-refractivity contribution in [3.05, 3.63) is 64.4 Å². The number of carbonyl (C=O) groups excluding carboxylic acids is 2. The smallest absolute Gasteiger partial charge is 0.247 e. The first kappa shape index (κ1) is 24.2. The van der Waals surface area contributed by atoms with E-state index in [9.17, 15) is 9.59 Å². The van der Waals surface area contributed by atoms with Crippen molar-refractivity contribution in [3.63, 3.8) is 0 Å². The van der Waals surface area contributed by atoms with Gasteiger partial charge in [0, 0.05) is 29.8 Å². The van der Waals surface area contributed by atoms with Gasteiger partial charge in [0.05, 0.1) is 27.3 Å². The molecular formula is C26H22ClFN8O2S. The van der Waals surface area contributed by atoms with Gasteiger partial charge >= 0.3 is 0 Å². The number of thiophene rings is 1. The van der Waals surface area contributed by atoms with Crippen molar-refractivity contribution in [1.29, 1.82) is 0 Å². The van der Waals surface area contributed by atoms with Crippen LogP contribution in [0.1, 0.15) is 49.5 Å². The molecule has 1 unspecified atom stereocenters. The van der Waals surface area contributed by atoms with Crippen LogP contribution in [0.3, 0.4) is 0 Å². The number of hydrogen-bond acceptors (Lipinski definition) is 7. The zero-order chi connectivity index (χ0) is 26.7. The second kappa shape index (κ2) is 9.38. The van der Waals surface area contributed by atoms with Crippen LogP contribution in [0.2, 0.25) is 5.02 Å². The summed E-state index contributed by atoms with van der Waals surface area (Å²) < 4.78 is 16.7. The number of anilines is 1. The minimum Gasteiger partial charge on any atom is -0.346 e. The third-order valence-corrected chi connectivity index (χ3v) is 8.75. The van der Waals surface area contributed by atoms with Gasteiger partial charge in [0.1, 0.15) is 17.8 Å². The van der Waals surface area contributed by atoms with E-state index in [0.29, 0.717) is 23.5 Å². The lowest BCUT2D eigenvalue weighted by Gasteiger charge is -2.33. The van der Waals surface area contributed by atoms with E-state index >= 15 is 4.39 Å². The Morgan fingerprint density at radius 2 is 2.08 bits per heavy atom. The number of halogens is 2. The number of imidazole rings is 1. The summed E-state index contributed by atoms with van der Waals surface area (Å²) in [7, 11) is 0. The van der Waals surface area contributed by atoms with Crippen LogP contribution in [0.15, 0.2) is 42.2 Å². The Balaban J connectivity index is 1.16. The minimum absolute atomic E-state index is 0.0358. The van der Waals surface area contributed by atoms with Gasteiger partial charge in [0.15, 0.2) is 5.82 Å². The van der Waals surface area contributed by atoms with Gasteiger partial charge in [0.25, 0.3) is 0 Å². The molecule has 0 spiro atoms. The molecule has 2 atom stereocenters. The zero-order valence-electron chi connectivity index (χ0n) is 20.5. The molecule has 198 valence electrons. The summed E-state index contributed by atoms with van der Waals surface area (Å²) in [5.74, 6) is 0.0225. The van der Waals surface area contributed by atoms with Gasteiger partial charge in [-0.05, 0) is 71.7 Å². The summed E-state index contributed by atoms with van der Waals surface area (Å²) in [5.41, 5.74) is 2.68. The number of carbonyl (C=O) groups is 2. The van der Waals surface area contributed by atoms with Crippen molar-refractivity contribution >= 4 is 46.0 Å². The molecule has 13 heteroatoms. The molecule has 2 aliphatic heterocycles. The largest absolute Gasteiger partial charge is 0.346 e. The average molecular weight is 565 g/mol. The van der Waals surface area contributed by atoms with E-state index in [0.717, 1.165) is 41.9 Å². The van der Waals surface area contributed by atoms with Crippen molar-refractivity contribution < 1.29 is 14.0 Å². The lowest BCUT2D eigenvalue weighted by atomic mass is 9.92. The number of aromatic nitrogens is 6. The quantitative estimate of drug-likeness (QED) is 0.348. The number of benzene rings is 1. The number of nitrogens with zero attached hydrogens (tertiary/aromatic N) is 6.